The summed E-state index contributed by atoms with van der Waals surface area (Å²) in [6.07, 6.45) is 0.0365. The van der Waals surface area contributed by atoms with E-state index in [0.29, 0.717) is 19.8 Å². The Kier molecular flexibility index (Phi) is 5.02. The van der Waals surface area contributed by atoms with Gasteiger partial charge in [-0.15, -0.1) is 0 Å². The fraction of sp³-hybridized carbons (Fsp3) is 0.500. The third kappa shape index (κ3) is 3.69. The van der Waals surface area contributed by atoms with Crippen LogP contribution >= 0.6 is 22.6 Å². The Balaban J connectivity index is 1.65. The third-order valence-corrected chi connectivity index (χ3v) is 3.07. The lowest BCUT2D eigenvalue weighted by molar-refractivity contribution is -0.0550. The molecule has 0 bridgehead atoms. The highest BCUT2D eigenvalue weighted by Crippen LogP contribution is 2.14. The van der Waals surface area contributed by atoms with E-state index in [1.807, 2.05) is 18.2 Å². The summed E-state index contributed by atoms with van der Waals surface area (Å²) < 4.78 is 17.5. The molecule has 1 saturated heterocycles. The zero-order chi connectivity index (χ0) is 11.2. The molecule has 2 rings (SSSR count). The first-order chi connectivity index (χ1) is 7.88. The highest BCUT2D eigenvalue weighted by Gasteiger charge is 2.24. The van der Waals surface area contributed by atoms with Crippen LogP contribution in [0.4, 0.5) is 0 Å². The van der Waals surface area contributed by atoms with E-state index in [-0.39, 0.29) is 12.4 Å². The molecule has 0 aromatic heterocycles. The third-order valence-electron chi connectivity index (χ3n) is 2.35. The quantitative estimate of drug-likeness (QED) is 0.611. The largest absolute Gasteiger partial charge is 0.374 e. The summed E-state index contributed by atoms with van der Waals surface area (Å²) in [6.45, 7) is 1.88. The van der Waals surface area contributed by atoms with Crippen molar-refractivity contribution in [1.82, 2.24) is 0 Å². The number of hydrogen-bond donors (Lipinski definition) is 0. The molecule has 0 N–H and O–H groups in total. The van der Waals surface area contributed by atoms with Gasteiger partial charge in [0.25, 0.3) is 0 Å². The molecule has 0 amide bonds. The monoisotopic (exact) mass is 334 g/mol. The molecular formula is C12H15IO3. The number of hydrogen-bond acceptors (Lipinski definition) is 3. The van der Waals surface area contributed by atoms with E-state index in [9.17, 15) is 0 Å². The van der Waals surface area contributed by atoms with E-state index >= 15 is 0 Å². The van der Waals surface area contributed by atoms with Crippen LogP contribution in [0.25, 0.3) is 0 Å². The standard InChI is InChI=1S/C12H15IO3/c13-6-12-15-9-11(16-12)8-14-7-10-4-2-1-3-5-10/h1-5,11-12H,6-9H2. The van der Waals surface area contributed by atoms with Crippen molar-refractivity contribution < 1.29 is 14.2 Å². The number of ether oxygens (including phenoxy) is 3. The first-order valence-electron chi connectivity index (χ1n) is 5.33. The Morgan fingerprint density at radius 2 is 2.12 bits per heavy atom. The summed E-state index contributed by atoms with van der Waals surface area (Å²) in [5.74, 6) is 0. The molecular weight excluding hydrogens is 319 g/mol. The highest BCUT2D eigenvalue weighted by molar-refractivity contribution is 14.1. The molecule has 3 nitrogen and oxygen atoms in total. The van der Waals surface area contributed by atoms with Crippen molar-refractivity contribution in [2.75, 3.05) is 17.6 Å². The van der Waals surface area contributed by atoms with Crippen LogP contribution in [0.5, 0.6) is 0 Å². The summed E-state index contributed by atoms with van der Waals surface area (Å²) in [4.78, 5) is 0. The summed E-state index contributed by atoms with van der Waals surface area (Å²) in [5, 5.41) is 0. The molecule has 2 unspecified atom stereocenters. The van der Waals surface area contributed by atoms with Gasteiger partial charge in [-0.1, -0.05) is 52.9 Å². The van der Waals surface area contributed by atoms with Gasteiger partial charge in [0.05, 0.1) is 24.2 Å². The molecule has 4 heteroatoms. The van der Waals surface area contributed by atoms with E-state index in [1.165, 1.54) is 5.56 Å². The van der Waals surface area contributed by atoms with Gasteiger partial charge in [-0.25, -0.2) is 0 Å². The molecule has 1 fully saturated rings. The van der Waals surface area contributed by atoms with E-state index in [1.54, 1.807) is 0 Å². The maximum Gasteiger partial charge on any atom is 0.167 e. The van der Waals surface area contributed by atoms with Crippen LogP contribution in [0.15, 0.2) is 30.3 Å². The van der Waals surface area contributed by atoms with Crippen molar-refractivity contribution >= 4 is 22.6 Å². The van der Waals surface area contributed by atoms with Gasteiger partial charge in [0, 0.05) is 0 Å². The van der Waals surface area contributed by atoms with E-state index in [2.05, 4.69) is 34.7 Å². The zero-order valence-corrected chi connectivity index (χ0v) is 11.1. The predicted molar refractivity (Wildman–Crippen MR) is 69.6 cm³/mol. The molecule has 1 aliphatic heterocycles. The molecule has 1 aromatic carbocycles. The number of benzene rings is 1. The van der Waals surface area contributed by atoms with E-state index < -0.39 is 0 Å². The predicted octanol–water partition coefficient (Wildman–Crippen LogP) is 2.38. The Bertz CT molecular complexity index is 304. The van der Waals surface area contributed by atoms with Gasteiger partial charge in [-0.3, -0.25) is 0 Å². The first-order valence-corrected chi connectivity index (χ1v) is 6.85. The molecule has 0 aliphatic carbocycles. The Hall–Kier alpha value is -0.170. The summed E-state index contributed by atoms with van der Waals surface area (Å²) in [5.41, 5.74) is 1.19. The van der Waals surface area contributed by atoms with Crippen LogP contribution in [-0.4, -0.2) is 30.0 Å². The van der Waals surface area contributed by atoms with Crippen molar-refractivity contribution in [2.45, 2.75) is 19.0 Å². The van der Waals surface area contributed by atoms with Crippen molar-refractivity contribution in [2.24, 2.45) is 0 Å². The maximum atomic E-state index is 5.59. The topological polar surface area (TPSA) is 27.7 Å². The molecule has 0 spiro atoms. The van der Waals surface area contributed by atoms with Gasteiger partial charge in [0.2, 0.25) is 0 Å². The SMILES string of the molecule is ICC1OCC(COCc2ccccc2)O1. The second-order valence-corrected chi connectivity index (χ2v) is 4.56. The van der Waals surface area contributed by atoms with E-state index in [4.69, 9.17) is 14.2 Å². The summed E-state index contributed by atoms with van der Waals surface area (Å²) in [6, 6.07) is 10.1. The van der Waals surface area contributed by atoms with Crippen LogP contribution < -0.4 is 0 Å². The lowest BCUT2D eigenvalue weighted by Crippen LogP contribution is -2.19. The van der Waals surface area contributed by atoms with Crippen LogP contribution in [-0.2, 0) is 20.8 Å². The number of alkyl halides is 1. The van der Waals surface area contributed by atoms with Gasteiger partial charge >= 0.3 is 0 Å². The summed E-state index contributed by atoms with van der Waals surface area (Å²) >= 11 is 2.26. The Labute approximate surface area is 109 Å². The van der Waals surface area contributed by atoms with Gasteiger partial charge in [-0.2, -0.15) is 0 Å². The number of halogens is 1. The minimum atomic E-state index is -0.0501. The van der Waals surface area contributed by atoms with Crippen LogP contribution in [0.1, 0.15) is 5.56 Å². The van der Waals surface area contributed by atoms with Gasteiger partial charge < -0.3 is 14.2 Å². The fourth-order valence-corrected chi connectivity index (χ4v) is 2.02. The molecule has 0 saturated carbocycles. The van der Waals surface area contributed by atoms with E-state index in [0.717, 1.165) is 4.43 Å². The average Bonchev–Trinajstić information content (AvgIpc) is 2.78. The molecule has 88 valence electrons. The number of rotatable bonds is 5. The first kappa shape index (κ1) is 12.3. The highest BCUT2D eigenvalue weighted by atomic mass is 127. The molecule has 1 heterocycles. The van der Waals surface area contributed by atoms with Gasteiger partial charge in [0.15, 0.2) is 6.29 Å². The minimum absolute atomic E-state index is 0.0501. The average molecular weight is 334 g/mol. The van der Waals surface area contributed by atoms with Crippen LogP contribution in [0.3, 0.4) is 0 Å². The smallest absolute Gasteiger partial charge is 0.167 e. The van der Waals surface area contributed by atoms with Crippen molar-refractivity contribution in [3.8, 4) is 0 Å². The molecule has 1 aliphatic rings. The normalized spacial score (nSPS) is 24.8. The van der Waals surface area contributed by atoms with Gasteiger partial charge in [0.1, 0.15) is 6.10 Å². The molecule has 16 heavy (non-hydrogen) atoms. The van der Waals surface area contributed by atoms with Crippen molar-refractivity contribution in [1.29, 1.82) is 0 Å². The van der Waals surface area contributed by atoms with Gasteiger partial charge in [-0.05, 0) is 5.56 Å². The Morgan fingerprint density at radius 1 is 1.31 bits per heavy atom. The lowest BCUT2D eigenvalue weighted by Gasteiger charge is -2.10. The zero-order valence-electron chi connectivity index (χ0n) is 8.97. The Morgan fingerprint density at radius 3 is 2.81 bits per heavy atom. The molecule has 0 radical (unpaired) electrons. The van der Waals surface area contributed by atoms with Crippen molar-refractivity contribution in [3.63, 3.8) is 0 Å². The second kappa shape index (κ2) is 6.54. The van der Waals surface area contributed by atoms with Crippen LogP contribution in [0, 0.1) is 0 Å². The fourth-order valence-electron chi connectivity index (χ4n) is 1.56. The van der Waals surface area contributed by atoms with Crippen molar-refractivity contribution in [3.05, 3.63) is 35.9 Å². The minimum Gasteiger partial charge on any atom is -0.374 e. The second-order valence-electron chi connectivity index (χ2n) is 3.68. The lowest BCUT2D eigenvalue weighted by atomic mass is 10.2. The van der Waals surface area contributed by atoms with Crippen LogP contribution in [0.2, 0.25) is 0 Å². The summed E-state index contributed by atoms with van der Waals surface area (Å²) in [7, 11) is 0. The molecule has 2 atom stereocenters. The maximum absolute atomic E-state index is 5.59. The molecule has 1 aromatic rings.